The molecule has 0 fully saturated rings. The summed E-state index contributed by atoms with van der Waals surface area (Å²) in [6.07, 6.45) is 0. The molecule has 0 aliphatic carbocycles. The molecule has 1 aromatic carbocycles. The topological polar surface area (TPSA) is 130 Å². The van der Waals surface area contributed by atoms with Crippen molar-refractivity contribution >= 4 is 23.6 Å². The number of esters is 1. The second-order valence-corrected chi connectivity index (χ2v) is 6.60. The third-order valence-corrected chi connectivity index (χ3v) is 4.19. The first-order valence-corrected chi connectivity index (χ1v) is 8.53. The number of hydrogen-bond donors (Lipinski definition) is 2. The first-order valence-electron chi connectivity index (χ1n) is 8.53. The van der Waals surface area contributed by atoms with Crippen molar-refractivity contribution < 1.29 is 23.9 Å². The molecule has 2 aromatic rings. The minimum atomic E-state index is -1.20. The van der Waals surface area contributed by atoms with Gasteiger partial charge < -0.3 is 15.2 Å². The van der Waals surface area contributed by atoms with E-state index in [0.29, 0.717) is 11.4 Å². The van der Waals surface area contributed by atoms with E-state index in [1.807, 2.05) is 0 Å². The van der Waals surface area contributed by atoms with E-state index in [1.165, 1.54) is 0 Å². The standard InChI is InChI=1S/C19H19N3O6/c1-4-27-18(26)19(2,3)28-11-7-5-10(6-8-11)22-13(23)9-12-14(15(22)20)17(25)21-16(12)24/h5-9H,4,20H2,1-3H3,(H,21,24,25). The number of fused-ring (bicyclic) bond motifs is 1. The number of ether oxygens (including phenoxy) is 2. The number of benzene rings is 1. The SMILES string of the molecule is CCOC(=O)C(C)(C)Oc1ccc(-n2c(N)c3c(cc2=O)C(=O)NC3=O)cc1. The maximum absolute atomic E-state index is 12.4. The first kappa shape index (κ1) is 19.2. The molecule has 0 spiro atoms. The number of anilines is 1. The van der Waals surface area contributed by atoms with Gasteiger partial charge in [0, 0.05) is 6.07 Å². The quantitative estimate of drug-likeness (QED) is 0.580. The lowest BCUT2D eigenvalue weighted by Crippen LogP contribution is -2.39. The highest BCUT2D eigenvalue weighted by Crippen LogP contribution is 2.25. The average Bonchev–Trinajstić information content (AvgIpc) is 2.90. The summed E-state index contributed by atoms with van der Waals surface area (Å²) in [5, 5.41) is 2.11. The molecule has 3 N–H and O–H groups in total. The van der Waals surface area contributed by atoms with E-state index >= 15 is 0 Å². The van der Waals surface area contributed by atoms with Gasteiger partial charge in [-0.25, -0.2) is 4.79 Å². The van der Waals surface area contributed by atoms with Gasteiger partial charge in [-0.2, -0.15) is 0 Å². The maximum Gasteiger partial charge on any atom is 0.349 e. The van der Waals surface area contributed by atoms with Crippen LogP contribution in [-0.4, -0.2) is 34.6 Å². The molecule has 0 bridgehead atoms. The molecule has 2 amide bonds. The molecule has 0 atom stereocenters. The third-order valence-electron chi connectivity index (χ3n) is 4.19. The van der Waals surface area contributed by atoms with Gasteiger partial charge in [-0.3, -0.25) is 24.3 Å². The van der Waals surface area contributed by atoms with Gasteiger partial charge in [-0.15, -0.1) is 0 Å². The van der Waals surface area contributed by atoms with Gasteiger partial charge in [0.2, 0.25) is 0 Å². The second-order valence-electron chi connectivity index (χ2n) is 6.60. The molecule has 2 heterocycles. The fourth-order valence-corrected chi connectivity index (χ4v) is 2.85. The van der Waals surface area contributed by atoms with Crippen LogP contribution in [0.4, 0.5) is 5.82 Å². The van der Waals surface area contributed by atoms with E-state index in [0.717, 1.165) is 10.6 Å². The van der Waals surface area contributed by atoms with E-state index in [-0.39, 0.29) is 23.6 Å². The highest BCUT2D eigenvalue weighted by molar-refractivity contribution is 6.23. The zero-order valence-electron chi connectivity index (χ0n) is 15.6. The lowest BCUT2D eigenvalue weighted by atomic mass is 10.1. The number of carbonyl (C=O) groups is 3. The lowest BCUT2D eigenvalue weighted by Gasteiger charge is -2.24. The lowest BCUT2D eigenvalue weighted by molar-refractivity contribution is -0.158. The van der Waals surface area contributed by atoms with Crippen LogP contribution in [0.15, 0.2) is 35.1 Å². The monoisotopic (exact) mass is 385 g/mol. The van der Waals surface area contributed by atoms with Gasteiger partial charge in [0.1, 0.15) is 11.6 Å². The number of nitrogen functional groups attached to an aromatic ring is 1. The van der Waals surface area contributed by atoms with Crippen LogP contribution in [0, 0.1) is 0 Å². The first-order chi connectivity index (χ1) is 13.2. The minimum Gasteiger partial charge on any atom is -0.476 e. The molecule has 0 unspecified atom stereocenters. The van der Waals surface area contributed by atoms with Crippen LogP contribution >= 0.6 is 0 Å². The highest BCUT2D eigenvalue weighted by Gasteiger charge is 2.33. The van der Waals surface area contributed by atoms with Crippen molar-refractivity contribution in [1.29, 1.82) is 0 Å². The predicted octanol–water partition coefficient (Wildman–Crippen LogP) is 1.02. The summed E-state index contributed by atoms with van der Waals surface area (Å²) in [6, 6.07) is 7.28. The smallest absolute Gasteiger partial charge is 0.349 e. The normalized spacial score (nSPS) is 13.1. The fourth-order valence-electron chi connectivity index (χ4n) is 2.85. The Morgan fingerprint density at radius 2 is 1.79 bits per heavy atom. The van der Waals surface area contributed by atoms with Crippen molar-refractivity contribution in [2.75, 3.05) is 12.3 Å². The van der Waals surface area contributed by atoms with Crippen molar-refractivity contribution in [2.45, 2.75) is 26.4 Å². The summed E-state index contributed by atoms with van der Waals surface area (Å²) in [4.78, 5) is 48.0. The van der Waals surface area contributed by atoms with E-state index in [1.54, 1.807) is 45.0 Å². The Labute approximate surface area is 160 Å². The minimum absolute atomic E-state index is 0.0339. The molecule has 9 nitrogen and oxygen atoms in total. The van der Waals surface area contributed by atoms with Gasteiger partial charge in [0.05, 0.1) is 23.4 Å². The van der Waals surface area contributed by atoms with Crippen molar-refractivity contribution in [1.82, 2.24) is 9.88 Å². The molecule has 1 aliphatic heterocycles. The summed E-state index contributed by atoms with van der Waals surface area (Å²) in [7, 11) is 0. The summed E-state index contributed by atoms with van der Waals surface area (Å²) in [5.74, 6) is -1.56. The fraction of sp³-hybridized carbons (Fsp3) is 0.263. The molecule has 146 valence electrons. The van der Waals surface area contributed by atoms with Crippen molar-refractivity contribution in [3.8, 4) is 11.4 Å². The molecular weight excluding hydrogens is 366 g/mol. The Morgan fingerprint density at radius 1 is 1.14 bits per heavy atom. The Bertz CT molecular complexity index is 1040. The third kappa shape index (κ3) is 3.22. The summed E-state index contributed by atoms with van der Waals surface area (Å²) >= 11 is 0. The number of carbonyl (C=O) groups excluding carboxylic acids is 3. The van der Waals surface area contributed by atoms with Crippen LogP contribution in [0.25, 0.3) is 5.69 Å². The molecule has 28 heavy (non-hydrogen) atoms. The van der Waals surface area contributed by atoms with Gasteiger partial charge in [0.15, 0.2) is 5.60 Å². The second kappa shape index (κ2) is 6.84. The zero-order valence-corrected chi connectivity index (χ0v) is 15.6. The van der Waals surface area contributed by atoms with E-state index in [4.69, 9.17) is 15.2 Å². The van der Waals surface area contributed by atoms with Crippen LogP contribution in [0.2, 0.25) is 0 Å². The van der Waals surface area contributed by atoms with Crippen molar-refractivity contribution in [3.63, 3.8) is 0 Å². The molecule has 1 aliphatic rings. The summed E-state index contributed by atoms with van der Waals surface area (Å²) < 4.78 is 11.8. The van der Waals surface area contributed by atoms with E-state index in [9.17, 15) is 19.2 Å². The molecule has 1 aromatic heterocycles. The number of imide groups is 1. The number of pyridine rings is 1. The highest BCUT2D eigenvalue weighted by atomic mass is 16.6. The Balaban J connectivity index is 1.94. The number of nitrogens with one attached hydrogen (secondary N) is 1. The average molecular weight is 385 g/mol. The van der Waals surface area contributed by atoms with Crippen LogP contribution in [0.3, 0.4) is 0 Å². The van der Waals surface area contributed by atoms with Crippen LogP contribution in [0.5, 0.6) is 5.75 Å². The van der Waals surface area contributed by atoms with Gasteiger partial charge in [-0.1, -0.05) is 0 Å². The van der Waals surface area contributed by atoms with Crippen LogP contribution in [0.1, 0.15) is 41.5 Å². The zero-order chi connectivity index (χ0) is 20.6. The number of nitrogens with zero attached hydrogens (tertiary/aromatic N) is 1. The summed E-state index contributed by atoms with van der Waals surface area (Å²) in [5.41, 5.74) is 4.54. The number of nitrogens with two attached hydrogens (primary N) is 1. The molecule has 0 saturated carbocycles. The Morgan fingerprint density at radius 3 is 2.39 bits per heavy atom. The predicted molar refractivity (Wildman–Crippen MR) is 99.6 cm³/mol. The molecule has 0 radical (unpaired) electrons. The molecular formula is C19H19N3O6. The largest absolute Gasteiger partial charge is 0.476 e. The van der Waals surface area contributed by atoms with Crippen molar-refractivity contribution in [3.05, 3.63) is 51.8 Å². The number of amides is 2. The molecule has 9 heteroatoms. The number of rotatable bonds is 5. The Hall–Kier alpha value is -3.62. The van der Waals surface area contributed by atoms with E-state index in [2.05, 4.69) is 5.32 Å². The Kier molecular flexibility index (Phi) is 4.68. The van der Waals surface area contributed by atoms with Crippen molar-refractivity contribution in [2.24, 2.45) is 0 Å². The number of hydrogen-bond acceptors (Lipinski definition) is 7. The van der Waals surface area contributed by atoms with Crippen LogP contribution < -0.4 is 21.3 Å². The van der Waals surface area contributed by atoms with Crippen LogP contribution in [-0.2, 0) is 9.53 Å². The van der Waals surface area contributed by atoms with Gasteiger partial charge in [-0.05, 0) is 45.0 Å². The van der Waals surface area contributed by atoms with Gasteiger partial charge in [0.25, 0.3) is 17.4 Å². The maximum atomic E-state index is 12.4. The van der Waals surface area contributed by atoms with E-state index < -0.39 is 28.9 Å². The molecule has 3 rings (SSSR count). The van der Waals surface area contributed by atoms with Gasteiger partial charge >= 0.3 is 5.97 Å². The number of aromatic nitrogens is 1. The molecule has 0 saturated heterocycles. The summed E-state index contributed by atoms with van der Waals surface area (Å²) in [6.45, 7) is 5.10.